The molecule has 31 heavy (non-hydrogen) atoms. The SMILES string of the molecule is CC(C)c1ccc(C(N)=O)cc1.N#Cc1ccc(OC2CCCCC2)cc1C(F)(F)F. The summed E-state index contributed by atoms with van der Waals surface area (Å²) in [5, 5.41) is 8.70. The Kier molecular flexibility index (Phi) is 8.49. The summed E-state index contributed by atoms with van der Waals surface area (Å²) >= 11 is 0. The highest BCUT2D eigenvalue weighted by atomic mass is 19.4. The average molecular weight is 432 g/mol. The molecule has 1 aliphatic rings. The molecule has 3 rings (SSSR count). The van der Waals surface area contributed by atoms with Crippen LogP contribution in [0, 0.1) is 11.3 Å². The number of carbonyl (C=O) groups excluding carboxylic acids is 1. The molecule has 1 fully saturated rings. The van der Waals surface area contributed by atoms with Gasteiger partial charge in [-0.25, -0.2) is 0 Å². The van der Waals surface area contributed by atoms with E-state index in [0.717, 1.165) is 38.2 Å². The normalized spacial score (nSPS) is 14.4. The number of benzene rings is 2. The van der Waals surface area contributed by atoms with Crippen LogP contribution in [0.1, 0.15) is 78.9 Å². The molecule has 2 aromatic rings. The van der Waals surface area contributed by atoms with E-state index in [0.29, 0.717) is 11.5 Å². The van der Waals surface area contributed by atoms with E-state index in [1.165, 1.54) is 17.7 Å². The lowest BCUT2D eigenvalue weighted by atomic mass is 9.97. The largest absolute Gasteiger partial charge is 0.490 e. The summed E-state index contributed by atoms with van der Waals surface area (Å²) in [6, 6.07) is 12.5. The molecule has 0 bridgehead atoms. The first kappa shape index (κ1) is 24.3. The van der Waals surface area contributed by atoms with Gasteiger partial charge in [-0.05, 0) is 67.5 Å². The first-order chi connectivity index (χ1) is 14.6. The Balaban J connectivity index is 0.000000245. The third-order valence-electron chi connectivity index (χ3n) is 5.13. The van der Waals surface area contributed by atoms with E-state index in [1.807, 2.05) is 12.1 Å². The Hall–Kier alpha value is -3.01. The molecule has 0 atom stereocenters. The monoisotopic (exact) mass is 432 g/mol. The summed E-state index contributed by atoms with van der Waals surface area (Å²) in [5.41, 5.74) is 5.59. The molecular formula is C24H27F3N2O2. The molecule has 0 saturated heterocycles. The van der Waals surface area contributed by atoms with Crippen LogP contribution in [0.5, 0.6) is 5.75 Å². The van der Waals surface area contributed by atoms with Crippen LogP contribution in [-0.4, -0.2) is 12.0 Å². The second-order valence-corrected chi connectivity index (χ2v) is 7.84. The summed E-state index contributed by atoms with van der Waals surface area (Å²) in [5.74, 6) is 0.315. The van der Waals surface area contributed by atoms with Crippen molar-refractivity contribution in [1.29, 1.82) is 5.26 Å². The molecule has 1 aliphatic carbocycles. The molecule has 166 valence electrons. The second-order valence-electron chi connectivity index (χ2n) is 7.84. The second kappa shape index (κ2) is 10.9. The van der Waals surface area contributed by atoms with E-state index < -0.39 is 11.7 Å². The van der Waals surface area contributed by atoms with Crippen molar-refractivity contribution in [2.75, 3.05) is 0 Å². The van der Waals surface area contributed by atoms with Gasteiger partial charge in [-0.15, -0.1) is 0 Å². The van der Waals surface area contributed by atoms with E-state index in [9.17, 15) is 18.0 Å². The van der Waals surface area contributed by atoms with Crippen molar-refractivity contribution >= 4 is 5.91 Å². The number of hydrogen-bond acceptors (Lipinski definition) is 3. The van der Waals surface area contributed by atoms with Gasteiger partial charge in [0.05, 0.1) is 23.3 Å². The minimum atomic E-state index is -4.53. The molecule has 0 unspecified atom stereocenters. The zero-order valence-corrected chi connectivity index (χ0v) is 17.7. The molecule has 0 spiro atoms. The predicted molar refractivity (Wildman–Crippen MR) is 113 cm³/mol. The third kappa shape index (κ3) is 7.32. The lowest BCUT2D eigenvalue weighted by Gasteiger charge is -2.23. The maximum Gasteiger partial charge on any atom is 0.417 e. The Bertz CT molecular complexity index is 910. The van der Waals surface area contributed by atoms with Crippen molar-refractivity contribution in [3.05, 3.63) is 64.7 Å². The van der Waals surface area contributed by atoms with Crippen LogP contribution in [0.15, 0.2) is 42.5 Å². The van der Waals surface area contributed by atoms with Gasteiger partial charge in [-0.1, -0.05) is 32.4 Å². The first-order valence-corrected chi connectivity index (χ1v) is 10.3. The number of halogens is 3. The summed E-state index contributed by atoms with van der Waals surface area (Å²) < 4.78 is 43.9. The van der Waals surface area contributed by atoms with Crippen LogP contribution in [0.25, 0.3) is 0 Å². The Morgan fingerprint density at radius 2 is 1.71 bits per heavy atom. The number of rotatable bonds is 4. The van der Waals surface area contributed by atoms with E-state index in [-0.39, 0.29) is 23.3 Å². The van der Waals surface area contributed by atoms with Crippen molar-refractivity contribution in [2.24, 2.45) is 5.73 Å². The zero-order chi connectivity index (χ0) is 23.0. The number of primary amides is 1. The van der Waals surface area contributed by atoms with Crippen molar-refractivity contribution in [2.45, 2.75) is 64.1 Å². The molecule has 0 aliphatic heterocycles. The van der Waals surface area contributed by atoms with Crippen molar-refractivity contribution < 1.29 is 22.7 Å². The van der Waals surface area contributed by atoms with Gasteiger partial charge in [0.2, 0.25) is 5.91 Å². The minimum Gasteiger partial charge on any atom is -0.490 e. The number of hydrogen-bond donors (Lipinski definition) is 1. The standard InChI is InChI=1S/C14H14F3NO.C10H13NO/c15-14(16,17)13-8-12(7-6-10(13)9-18)19-11-4-2-1-3-5-11;1-7(2)8-3-5-9(6-4-8)10(11)12/h6-8,11H,1-5H2;3-7H,1-2H3,(H2,11,12). The van der Waals surface area contributed by atoms with E-state index in [4.69, 9.17) is 15.7 Å². The van der Waals surface area contributed by atoms with Gasteiger partial charge >= 0.3 is 6.18 Å². The average Bonchev–Trinajstić information content (AvgIpc) is 2.74. The van der Waals surface area contributed by atoms with Crippen molar-refractivity contribution in [3.8, 4) is 11.8 Å². The molecule has 7 heteroatoms. The molecule has 0 aromatic heterocycles. The summed E-state index contributed by atoms with van der Waals surface area (Å²) in [7, 11) is 0. The highest BCUT2D eigenvalue weighted by molar-refractivity contribution is 5.92. The van der Waals surface area contributed by atoms with Gasteiger partial charge in [0.15, 0.2) is 0 Å². The lowest BCUT2D eigenvalue weighted by molar-refractivity contribution is -0.137. The molecule has 4 nitrogen and oxygen atoms in total. The number of carbonyl (C=O) groups is 1. The topological polar surface area (TPSA) is 76.1 Å². The molecule has 0 heterocycles. The number of nitrogens with zero attached hydrogens (tertiary/aromatic N) is 1. The van der Waals surface area contributed by atoms with Crippen LogP contribution < -0.4 is 10.5 Å². The fourth-order valence-corrected chi connectivity index (χ4v) is 3.34. The van der Waals surface area contributed by atoms with Crippen LogP contribution >= 0.6 is 0 Å². The van der Waals surface area contributed by atoms with Crippen LogP contribution in [0.4, 0.5) is 13.2 Å². The maximum atomic E-state index is 12.8. The molecule has 2 aromatic carbocycles. The van der Waals surface area contributed by atoms with Gasteiger partial charge in [0.1, 0.15) is 5.75 Å². The van der Waals surface area contributed by atoms with Crippen molar-refractivity contribution in [1.82, 2.24) is 0 Å². The number of amides is 1. The van der Waals surface area contributed by atoms with E-state index in [1.54, 1.807) is 18.2 Å². The van der Waals surface area contributed by atoms with Crippen LogP contribution in [0.2, 0.25) is 0 Å². The Morgan fingerprint density at radius 3 is 2.19 bits per heavy atom. The van der Waals surface area contributed by atoms with Gasteiger partial charge < -0.3 is 10.5 Å². The van der Waals surface area contributed by atoms with E-state index >= 15 is 0 Å². The molecule has 1 amide bonds. The minimum absolute atomic E-state index is 0.0113. The highest BCUT2D eigenvalue weighted by Gasteiger charge is 2.34. The fraction of sp³-hybridized carbons (Fsp3) is 0.417. The number of alkyl halides is 3. The summed E-state index contributed by atoms with van der Waals surface area (Å²) in [4.78, 5) is 10.7. The summed E-state index contributed by atoms with van der Waals surface area (Å²) in [6.45, 7) is 4.22. The number of nitriles is 1. The Morgan fingerprint density at radius 1 is 1.10 bits per heavy atom. The van der Waals surface area contributed by atoms with Crippen molar-refractivity contribution in [3.63, 3.8) is 0 Å². The fourth-order valence-electron chi connectivity index (χ4n) is 3.34. The van der Waals surface area contributed by atoms with Gasteiger partial charge in [-0.2, -0.15) is 18.4 Å². The quantitative estimate of drug-likeness (QED) is 0.625. The van der Waals surface area contributed by atoms with Crippen LogP contribution in [-0.2, 0) is 6.18 Å². The van der Waals surface area contributed by atoms with Gasteiger partial charge in [0, 0.05) is 5.56 Å². The summed E-state index contributed by atoms with van der Waals surface area (Å²) in [6.07, 6.45) is 0.462. The predicted octanol–water partition coefficient (Wildman–Crippen LogP) is 6.20. The maximum absolute atomic E-state index is 12.8. The zero-order valence-electron chi connectivity index (χ0n) is 17.7. The van der Waals surface area contributed by atoms with Gasteiger partial charge in [-0.3, -0.25) is 4.79 Å². The van der Waals surface area contributed by atoms with E-state index in [2.05, 4.69) is 13.8 Å². The number of nitrogens with two attached hydrogens (primary N) is 1. The highest BCUT2D eigenvalue weighted by Crippen LogP contribution is 2.35. The van der Waals surface area contributed by atoms with Crippen LogP contribution in [0.3, 0.4) is 0 Å². The first-order valence-electron chi connectivity index (χ1n) is 10.3. The van der Waals surface area contributed by atoms with Gasteiger partial charge in [0.25, 0.3) is 0 Å². The molecule has 1 saturated carbocycles. The molecular weight excluding hydrogens is 405 g/mol. The molecule has 2 N–H and O–H groups in total. The lowest BCUT2D eigenvalue weighted by Crippen LogP contribution is -2.20. The third-order valence-corrected chi connectivity index (χ3v) is 5.13. The smallest absolute Gasteiger partial charge is 0.417 e. The number of ether oxygens (including phenoxy) is 1. The molecule has 0 radical (unpaired) electrons. The Labute approximate surface area is 180 Å².